The second-order valence-corrected chi connectivity index (χ2v) is 10.5. The highest BCUT2D eigenvalue weighted by Crippen LogP contribution is 2.21. The molecular formula is C29H34N6O6S. The number of aliphatic carboxylic acids is 1. The van der Waals surface area contributed by atoms with Crippen LogP contribution in [0, 0.1) is 0 Å². The Morgan fingerprint density at radius 3 is 1.83 bits per heavy atom. The van der Waals surface area contributed by atoms with Crippen LogP contribution in [0.15, 0.2) is 60.9 Å². The Morgan fingerprint density at radius 1 is 0.810 bits per heavy atom. The molecule has 5 unspecified atom stereocenters. The van der Waals surface area contributed by atoms with Gasteiger partial charge in [0.1, 0.15) is 12.1 Å². The maximum absolute atomic E-state index is 13.5. The Hall–Kier alpha value is -4.33. The van der Waals surface area contributed by atoms with Gasteiger partial charge in [0.05, 0.1) is 12.1 Å². The number of carbonyl (C=O) groups excluding carboxylic acids is 3. The lowest BCUT2D eigenvalue weighted by atomic mass is 10.0. The molecule has 2 heterocycles. The Morgan fingerprint density at radius 2 is 1.31 bits per heavy atom. The number of carbonyl (C=O) groups is 4. The molecule has 4 rings (SSSR count). The molecule has 0 aliphatic rings. The average molecular weight is 595 g/mol. The van der Waals surface area contributed by atoms with E-state index in [9.17, 15) is 29.4 Å². The number of nitrogens with one attached hydrogen (secondary N) is 5. The SMILES string of the molecule is CC(O)C(NC(=O)C(CS)NC(=O)C(Cc1c[nH]c2ccccc12)NC(=O)C(N)Cc1c[nH]c2ccccc12)C(=O)O. The van der Waals surface area contributed by atoms with E-state index in [1.807, 2.05) is 48.5 Å². The van der Waals surface area contributed by atoms with Crippen molar-refractivity contribution in [3.63, 3.8) is 0 Å². The maximum Gasteiger partial charge on any atom is 0.328 e. The summed E-state index contributed by atoms with van der Waals surface area (Å²) in [6.45, 7) is 1.22. The molecule has 4 aromatic rings. The smallest absolute Gasteiger partial charge is 0.328 e. The first-order valence-corrected chi connectivity index (χ1v) is 14.0. The van der Waals surface area contributed by atoms with Gasteiger partial charge in [-0.05, 0) is 36.6 Å². The van der Waals surface area contributed by atoms with Gasteiger partial charge in [-0.2, -0.15) is 12.6 Å². The molecule has 0 bridgehead atoms. The minimum atomic E-state index is -1.58. The highest BCUT2D eigenvalue weighted by molar-refractivity contribution is 7.80. The topological polar surface area (TPSA) is 202 Å². The van der Waals surface area contributed by atoms with Gasteiger partial charge >= 0.3 is 5.97 Å². The number of amides is 3. The molecule has 9 N–H and O–H groups in total. The molecule has 222 valence electrons. The fraction of sp³-hybridized carbons (Fsp3) is 0.310. The summed E-state index contributed by atoms with van der Waals surface area (Å²) in [5.74, 6) is -3.70. The number of aliphatic hydroxyl groups is 1. The Kier molecular flexibility index (Phi) is 9.88. The van der Waals surface area contributed by atoms with Crippen LogP contribution < -0.4 is 21.7 Å². The number of carboxylic acid groups (broad SMARTS) is 1. The van der Waals surface area contributed by atoms with Crippen molar-refractivity contribution >= 4 is 58.1 Å². The maximum atomic E-state index is 13.5. The Labute approximate surface area is 246 Å². The van der Waals surface area contributed by atoms with Crippen molar-refractivity contribution in [2.45, 2.75) is 50.0 Å². The van der Waals surface area contributed by atoms with Gasteiger partial charge < -0.3 is 41.9 Å². The molecule has 0 fully saturated rings. The standard InChI is InChI=1S/C29H34N6O6S/c1-15(36)25(29(40)41)35-28(39)24(14-42)34-27(38)23(11-17-13-32-22-9-5-3-7-19(17)22)33-26(37)20(30)10-16-12-31-21-8-4-2-6-18(16)21/h2-9,12-13,15,20,23-25,31-32,36,42H,10-11,14,30H2,1H3,(H,33,37)(H,34,38)(H,35,39)(H,40,41). The summed E-state index contributed by atoms with van der Waals surface area (Å²) < 4.78 is 0. The summed E-state index contributed by atoms with van der Waals surface area (Å²) in [5.41, 5.74) is 9.64. The van der Waals surface area contributed by atoms with Crippen molar-refractivity contribution in [3.8, 4) is 0 Å². The molecule has 5 atom stereocenters. The first-order valence-electron chi connectivity index (χ1n) is 13.4. The number of nitrogens with two attached hydrogens (primary N) is 1. The molecule has 0 saturated heterocycles. The molecule has 12 nitrogen and oxygen atoms in total. The van der Waals surface area contributed by atoms with Gasteiger partial charge in [-0.25, -0.2) is 4.79 Å². The van der Waals surface area contributed by atoms with Crippen molar-refractivity contribution in [2.75, 3.05) is 5.75 Å². The second-order valence-electron chi connectivity index (χ2n) is 10.1. The second kappa shape index (κ2) is 13.6. The average Bonchev–Trinajstić information content (AvgIpc) is 3.57. The lowest BCUT2D eigenvalue weighted by Crippen LogP contribution is -2.59. The van der Waals surface area contributed by atoms with Crippen LogP contribution in [-0.4, -0.2) is 79.9 Å². The first kappa shape index (κ1) is 30.6. The van der Waals surface area contributed by atoms with Gasteiger partial charge in [-0.1, -0.05) is 36.4 Å². The van der Waals surface area contributed by atoms with E-state index in [2.05, 4.69) is 38.5 Å². The van der Waals surface area contributed by atoms with E-state index >= 15 is 0 Å². The van der Waals surface area contributed by atoms with Gasteiger partial charge in [-0.3, -0.25) is 14.4 Å². The third kappa shape index (κ3) is 7.11. The van der Waals surface area contributed by atoms with Crippen molar-refractivity contribution in [1.29, 1.82) is 0 Å². The molecule has 3 amide bonds. The summed E-state index contributed by atoms with van der Waals surface area (Å²) in [7, 11) is 0. The van der Waals surface area contributed by atoms with Crippen LogP contribution in [-0.2, 0) is 32.0 Å². The number of aliphatic hydroxyl groups excluding tert-OH is 1. The number of fused-ring (bicyclic) bond motifs is 2. The Balaban J connectivity index is 1.52. The number of carboxylic acids is 1. The summed E-state index contributed by atoms with van der Waals surface area (Å²) in [4.78, 5) is 57.3. The van der Waals surface area contributed by atoms with Gasteiger partial charge in [0, 0.05) is 46.4 Å². The molecule has 0 radical (unpaired) electrons. The summed E-state index contributed by atoms with van der Waals surface area (Å²) in [5, 5.41) is 28.3. The molecule has 0 spiro atoms. The highest BCUT2D eigenvalue weighted by atomic mass is 32.1. The number of thiol groups is 1. The monoisotopic (exact) mass is 594 g/mol. The van der Waals surface area contributed by atoms with E-state index in [1.54, 1.807) is 12.4 Å². The van der Waals surface area contributed by atoms with Gasteiger partial charge in [0.25, 0.3) is 0 Å². The molecule has 2 aromatic heterocycles. The third-order valence-electron chi connectivity index (χ3n) is 7.05. The fourth-order valence-electron chi connectivity index (χ4n) is 4.75. The zero-order valence-corrected chi connectivity index (χ0v) is 23.7. The highest BCUT2D eigenvalue weighted by Gasteiger charge is 2.32. The Bertz CT molecular complexity index is 1580. The number of aromatic nitrogens is 2. The number of H-pyrrole nitrogens is 2. The van der Waals surface area contributed by atoms with E-state index < -0.39 is 54.0 Å². The number of aromatic amines is 2. The molecule has 0 aliphatic heterocycles. The lowest BCUT2D eigenvalue weighted by molar-refractivity contribution is -0.145. The molecule has 0 aliphatic carbocycles. The molecule has 42 heavy (non-hydrogen) atoms. The minimum absolute atomic E-state index is 0.0771. The third-order valence-corrected chi connectivity index (χ3v) is 7.41. The molecular weight excluding hydrogens is 560 g/mol. The van der Waals surface area contributed by atoms with E-state index in [0.29, 0.717) is 0 Å². The van der Waals surface area contributed by atoms with Crippen LogP contribution in [0.3, 0.4) is 0 Å². The van der Waals surface area contributed by atoms with Crippen molar-refractivity contribution < 1.29 is 29.4 Å². The van der Waals surface area contributed by atoms with E-state index in [1.165, 1.54) is 6.92 Å². The molecule has 13 heteroatoms. The lowest BCUT2D eigenvalue weighted by Gasteiger charge is -2.25. The predicted molar refractivity (Wildman–Crippen MR) is 161 cm³/mol. The van der Waals surface area contributed by atoms with Gasteiger partial charge in [0.2, 0.25) is 17.7 Å². The number of benzene rings is 2. The number of rotatable bonds is 13. The fourth-order valence-corrected chi connectivity index (χ4v) is 5.00. The largest absolute Gasteiger partial charge is 0.480 e. The van der Waals surface area contributed by atoms with Crippen LogP contribution in [0.4, 0.5) is 0 Å². The normalized spacial score (nSPS) is 15.0. The van der Waals surface area contributed by atoms with Gasteiger partial charge in [0.15, 0.2) is 6.04 Å². The van der Waals surface area contributed by atoms with Crippen LogP contribution in [0.1, 0.15) is 18.1 Å². The zero-order chi connectivity index (χ0) is 30.4. The predicted octanol–water partition coefficient (Wildman–Crippen LogP) is 0.611. The summed E-state index contributed by atoms with van der Waals surface area (Å²) in [6.07, 6.45) is 2.45. The molecule has 0 saturated carbocycles. The number of para-hydroxylation sites is 2. The van der Waals surface area contributed by atoms with E-state index in [-0.39, 0.29) is 18.6 Å². The quantitative estimate of drug-likeness (QED) is 0.101. The summed E-state index contributed by atoms with van der Waals surface area (Å²) in [6, 6.07) is 10.2. The zero-order valence-electron chi connectivity index (χ0n) is 22.8. The molecule has 2 aromatic carbocycles. The van der Waals surface area contributed by atoms with E-state index in [4.69, 9.17) is 5.73 Å². The van der Waals surface area contributed by atoms with Crippen LogP contribution in [0.25, 0.3) is 21.8 Å². The number of hydrogen-bond donors (Lipinski definition) is 9. The van der Waals surface area contributed by atoms with Crippen molar-refractivity contribution in [1.82, 2.24) is 25.9 Å². The van der Waals surface area contributed by atoms with Crippen LogP contribution in [0.2, 0.25) is 0 Å². The van der Waals surface area contributed by atoms with Crippen LogP contribution >= 0.6 is 12.6 Å². The van der Waals surface area contributed by atoms with Crippen molar-refractivity contribution in [3.05, 3.63) is 72.1 Å². The summed E-state index contributed by atoms with van der Waals surface area (Å²) >= 11 is 4.14. The van der Waals surface area contributed by atoms with E-state index in [0.717, 1.165) is 32.9 Å². The van der Waals surface area contributed by atoms with Gasteiger partial charge in [-0.15, -0.1) is 0 Å². The first-order chi connectivity index (χ1) is 20.1. The van der Waals surface area contributed by atoms with Crippen molar-refractivity contribution in [2.24, 2.45) is 5.73 Å². The van der Waals surface area contributed by atoms with Crippen LogP contribution in [0.5, 0.6) is 0 Å². The minimum Gasteiger partial charge on any atom is -0.480 e. The number of hydrogen-bond acceptors (Lipinski definition) is 7.